The maximum atomic E-state index is 12.8. The minimum atomic E-state index is -3.75. The van der Waals surface area contributed by atoms with Crippen molar-refractivity contribution in [2.45, 2.75) is 30.7 Å². The van der Waals surface area contributed by atoms with Gasteiger partial charge in [0.25, 0.3) is 0 Å². The van der Waals surface area contributed by atoms with E-state index in [1.807, 2.05) is 30.5 Å². The Morgan fingerprint density at radius 2 is 1.84 bits per heavy atom. The van der Waals surface area contributed by atoms with Crippen LogP contribution in [0.3, 0.4) is 0 Å². The predicted molar refractivity (Wildman–Crippen MR) is 120 cm³/mol. The Morgan fingerprint density at radius 1 is 1.12 bits per heavy atom. The van der Waals surface area contributed by atoms with Crippen molar-refractivity contribution < 1.29 is 22.7 Å². The number of hydrogen-bond acceptors (Lipinski definition) is 5. The zero-order valence-corrected chi connectivity index (χ0v) is 18.4. The number of aromatic amines is 1. The molecule has 0 spiro atoms. The molecule has 0 bridgehead atoms. The molecule has 0 aliphatic carbocycles. The van der Waals surface area contributed by atoms with Gasteiger partial charge in [-0.2, -0.15) is 0 Å². The molecule has 10 heteroatoms. The van der Waals surface area contributed by atoms with Gasteiger partial charge in [0.15, 0.2) is 0 Å². The van der Waals surface area contributed by atoms with Gasteiger partial charge in [0.1, 0.15) is 6.04 Å². The summed E-state index contributed by atoms with van der Waals surface area (Å²) in [6.07, 6.45) is 1.93. The van der Waals surface area contributed by atoms with Crippen LogP contribution >= 0.6 is 0 Å². The van der Waals surface area contributed by atoms with E-state index in [9.17, 15) is 18.0 Å². The summed E-state index contributed by atoms with van der Waals surface area (Å²) in [5.41, 5.74) is 2.68. The van der Waals surface area contributed by atoms with E-state index in [-0.39, 0.29) is 23.8 Å². The minimum absolute atomic E-state index is 0.0303. The molecule has 1 heterocycles. The molecule has 5 N–H and O–H groups in total. The van der Waals surface area contributed by atoms with Gasteiger partial charge in [0.2, 0.25) is 15.9 Å². The Bertz CT molecular complexity index is 1190. The highest BCUT2D eigenvalue weighted by Crippen LogP contribution is 2.19. The van der Waals surface area contributed by atoms with Crippen molar-refractivity contribution in [2.75, 3.05) is 13.2 Å². The first-order valence-corrected chi connectivity index (χ1v) is 11.7. The van der Waals surface area contributed by atoms with Crippen LogP contribution in [-0.4, -0.2) is 44.6 Å². The largest absolute Gasteiger partial charge is 0.450 e. The zero-order valence-electron chi connectivity index (χ0n) is 17.6. The van der Waals surface area contributed by atoms with E-state index in [1.165, 1.54) is 12.1 Å². The fourth-order valence-corrected chi connectivity index (χ4v) is 3.86. The van der Waals surface area contributed by atoms with Crippen LogP contribution in [0.5, 0.6) is 0 Å². The Balaban J connectivity index is 1.64. The molecule has 0 aliphatic rings. The Morgan fingerprint density at radius 3 is 2.53 bits per heavy atom. The molecule has 32 heavy (non-hydrogen) atoms. The molecule has 0 radical (unpaired) electrons. The summed E-state index contributed by atoms with van der Waals surface area (Å²) in [7, 11) is -3.75. The lowest BCUT2D eigenvalue weighted by Crippen LogP contribution is -2.48. The van der Waals surface area contributed by atoms with Crippen molar-refractivity contribution in [1.82, 2.24) is 15.6 Å². The predicted octanol–water partition coefficient (Wildman–Crippen LogP) is 1.83. The van der Waals surface area contributed by atoms with Gasteiger partial charge in [-0.25, -0.2) is 18.4 Å². The Kier molecular flexibility index (Phi) is 7.49. The number of amides is 2. The monoisotopic (exact) mass is 458 g/mol. The number of fused-ring (bicyclic) bond motifs is 1. The van der Waals surface area contributed by atoms with Crippen LogP contribution in [0.15, 0.2) is 59.6 Å². The van der Waals surface area contributed by atoms with E-state index < -0.39 is 22.2 Å². The maximum absolute atomic E-state index is 12.8. The van der Waals surface area contributed by atoms with Crippen LogP contribution in [0.2, 0.25) is 0 Å². The van der Waals surface area contributed by atoms with Crippen LogP contribution in [0.4, 0.5) is 4.79 Å². The molecule has 1 aromatic heterocycles. The summed E-state index contributed by atoms with van der Waals surface area (Å²) in [6.45, 7) is 2.19. The highest BCUT2D eigenvalue weighted by Gasteiger charge is 2.23. The average Bonchev–Trinajstić information content (AvgIpc) is 3.16. The normalized spacial score (nSPS) is 12.3. The Labute approximate surface area is 186 Å². The summed E-state index contributed by atoms with van der Waals surface area (Å²) in [5, 5.41) is 11.5. The second-order valence-electron chi connectivity index (χ2n) is 7.21. The number of nitrogens with one attached hydrogen (secondary N) is 3. The molecule has 3 aromatic rings. The number of hydrogen-bond donors (Lipinski definition) is 4. The van der Waals surface area contributed by atoms with E-state index in [4.69, 9.17) is 9.88 Å². The molecule has 0 unspecified atom stereocenters. The van der Waals surface area contributed by atoms with E-state index in [0.29, 0.717) is 13.0 Å². The van der Waals surface area contributed by atoms with Gasteiger partial charge < -0.3 is 20.4 Å². The molecule has 0 saturated heterocycles. The van der Waals surface area contributed by atoms with E-state index in [2.05, 4.69) is 15.6 Å². The first-order chi connectivity index (χ1) is 15.3. The van der Waals surface area contributed by atoms with E-state index in [1.54, 1.807) is 19.1 Å². The third-order valence-electron chi connectivity index (χ3n) is 4.95. The highest BCUT2D eigenvalue weighted by atomic mass is 32.2. The van der Waals surface area contributed by atoms with Crippen molar-refractivity contribution in [3.8, 4) is 0 Å². The molecular weight excluding hydrogens is 432 g/mol. The van der Waals surface area contributed by atoms with Crippen LogP contribution in [0.25, 0.3) is 10.9 Å². The zero-order chi connectivity index (χ0) is 23.1. The number of benzene rings is 2. The van der Waals surface area contributed by atoms with Gasteiger partial charge >= 0.3 is 6.09 Å². The van der Waals surface area contributed by atoms with Gasteiger partial charge in [-0.05, 0) is 42.7 Å². The fraction of sp³-hybridized carbons (Fsp3) is 0.273. The molecular formula is C22H26N4O5S. The number of carbonyl (C=O) groups excluding carboxylic acids is 2. The number of rotatable bonds is 9. The standard InChI is InChI=1S/C22H26N4O5S/c1-2-31-22(28)26-20(13-16-14-25-19-6-4-3-5-18(16)19)21(27)24-12-11-15-7-9-17(10-8-15)32(23,29)30/h3-10,14,20,25H,2,11-13H2,1H3,(H,24,27)(H,26,28)(H2,23,29,30)/t20-/m0/s1. The van der Waals surface area contributed by atoms with Gasteiger partial charge in [-0.1, -0.05) is 30.3 Å². The maximum Gasteiger partial charge on any atom is 0.407 e. The molecule has 0 aliphatic heterocycles. The van der Waals surface area contributed by atoms with Crippen LogP contribution in [-0.2, 0) is 32.4 Å². The average molecular weight is 459 g/mol. The SMILES string of the molecule is CCOC(=O)N[C@@H](Cc1c[nH]c2ccccc12)C(=O)NCCc1ccc(S(N)(=O)=O)cc1. The topological polar surface area (TPSA) is 143 Å². The van der Waals surface area contributed by atoms with E-state index in [0.717, 1.165) is 22.0 Å². The Hall–Kier alpha value is -3.37. The number of sulfonamides is 1. The molecule has 170 valence electrons. The highest BCUT2D eigenvalue weighted by molar-refractivity contribution is 7.89. The summed E-state index contributed by atoms with van der Waals surface area (Å²) >= 11 is 0. The molecule has 2 aromatic carbocycles. The van der Waals surface area contributed by atoms with Crippen molar-refractivity contribution in [3.05, 3.63) is 65.9 Å². The fourth-order valence-electron chi connectivity index (χ4n) is 3.34. The molecule has 3 rings (SSSR count). The van der Waals surface area contributed by atoms with Crippen LogP contribution < -0.4 is 15.8 Å². The lowest BCUT2D eigenvalue weighted by molar-refractivity contribution is -0.123. The number of primary sulfonamides is 1. The number of ether oxygens (including phenoxy) is 1. The summed E-state index contributed by atoms with van der Waals surface area (Å²) in [6, 6.07) is 13.0. The summed E-state index contributed by atoms with van der Waals surface area (Å²) in [4.78, 5) is 28.0. The van der Waals surface area contributed by atoms with Crippen molar-refractivity contribution in [3.63, 3.8) is 0 Å². The summed E-state index contributed by atoms with van der Waals surface area (Å²) in [5.74, 6) is -0.343. The van der Waals surface area contributed by atoms with Crippen molar-refractivity contribution in [2.24, 2.45) is 5.14 Å². The van der Waals surface area contributed by atoms with Crippen LogP contribution in [0.1, 0.15) is 18.1 Å². The van der Waals surface area contributed by atoms with Gasteiger partial charge in [0, 0.05) is 30.1 Å². The van der Waals surface area contributed by atoms with Gasteiger partial charge in [0.05, 0.1) is 11.5 Å². The number of nitrogens with two attached hydrogens (primary N) is 1. The first kappa shape index (κ1) is 23.3. The van der Waals surface area contributed by atoms with Crippen molar-refractivity contribution >= 4 is 32.9 Å². The van der Waals surface area contributed by atoms with E-state index >= 15 is 0 Å². The number of alkyl carbamates (subject to hydrolysis) is 1. The quantitative estimate of drug-likeness (QED) is 0.387. The molecule has 0 fully saturated rings. The van der Waals surface area contributed by atoms with Gasteiger partial charge in [-0.15, -0.1) is 0 Å². The molecule has 1 atom stereocenters. The number of para-hydroxylation sites is 1. The minimum Gasteiger partial charge on any atom is -0.450 e. The first-order valence-electron chi connectivity index (χ1n) is 10.2. The second kappa shape index (κ2) is 10.3. The lowest BCUT2D eigenvalue weighted by atomic mass is 10.0. The van der Waals surface area contributed by atoms with Crippen molar-refractivity contribution in [1.29, 1.82) is 0 Å². The third kappa shape index (κ3) is 6.08. The third-order valence-corrected chi connectivity index (χ3v) is 5.88. The number of carbonyl (C=O) groups is 2. The molecule has 2 amide bonds. The molecule has 0 saturated carbocycles. The number of H-pyrrole nitrogens is 1. The molecule has 9 nitrogen and oxygen atoms in total. The smallest absolute Gasteiger partial charge is 0.407 e. The van der Waals surface area contributed by atoms with Crippen LogP contribution in [0, 0.1) is 0 Å². The number of aromatic nitrogens is 1. The summed E-state index contributed by atoms with van der Waals surface area (Å²) < 4.78 is 27.6. The van der Waals surface area contributed by atoms with Gasteiger partial charge in [-0.3, -0.25) is 4.79 Å². The lowest BCUT2D eigenvalue weighted by Gasteiger charge is -2.18. The second-order valence-corrected chi connectivity index (χ2v) is 8.77.